The monoisotopic (exact) mass is 357 g/mol. The maximum Gasteiger partial charge on any atom is 0.133 e. The van der Waals surface area contributed by atoms with Crippen LogP contribution in [0.4, 0.5) is 0 Å². The largest absolute Gasteiger partial charge is 0.490 e. The van der Waals surface area contributed by atoms with Gasteiger partial charge in [0.25, 0.3) is 0 Å². The lowest BCUT2D eigenvalue weighted by Gasteiger charge is -2.14. The molecule has 0 amide bonds. The van der Waals surface area contributed by atoms with Crippen molar-refractivity contribution < 1.29 is 14.6 Å². The number of hydrogen-bond donors (Lipinski definition) is 2. The third-order valence-electron chi connectivity index (χ3n) is 2.67. The molecular formula is C16H24BrNO3. The van der Waals surface area contributed by atoms with Gasteiger partial charge in [-0.1, -0.05) is 18.2 Å². The Morgan fingerprint density at radius 3 is 2.90 bits per heavy atom. The van der Waals surface area contributed by atoms with Crippen LogP contribution in [0.5, 0.6) is 5.75 Å². The van der Waals surface area contributed by atoms with E-state index in [2.05, 4.69) is 27.8 Å². The fourth-order valence-electron chi connectivity index (χ4n) is 1.63. The first-order valence-corrected chi connectivity index (χ1v) is 7.78. The maximum atomic E-state index is 9.84. The molecule has 1 aromatic carbocycles. The molecule has 5 heteroatoms. The number of aliphatic hydroxyl groups is 1. The van der Waals surface area contributed by atoms with Crippen molar-refractivity contribution in [1.29, 1.82) is 0 Å². The molecule has 0 saturated heterocycles. The molecule has 0 spiro atoms. The van der Waals surface area contributed by atoms with Gasteiger partial charge in [-0.05, 0) is 47.5 Å². The lowest BCUT2D eigenvalue weighted by Crippen LogP contribution is -2.33. The van der Waals surface area contributed by atoms with Crippen molar-refractivity contribution in [3.05, 3.63) is 40.4 Å². The number of halogens is 1. The van der Waals surface area contributed by atoms with Crippen LogP contribution in [0.3, 0.4) is 0 Å². The summed E-state index contributed by atoms with van der Waals surface area (Å²) in [6, 6.07) is 5.85. The zero-order valence-electron chi connectivity index (χ0n) is 12.7. The van der Waals surface area contributed by atoms with Crippen LogP contribution in [0.1, 0.15) is 12.5 Å². The number of aliphatic hydroxyl groups excluding tert-OH is 1. The number of hydrogen-bond acceptors (Lipinski definition) is 4. The second-order valence-electron chi connectivity index (χ2n) is 5.11. The summed E-state index contributed by atoms with van der Waals surface area (Å²) in [6.45, 7) is 10.3. The lowest BCUT2D eigenvalue weighted by molar-refractivity contribution is 0.101. The summed E-state index contributed by atoms with van der Waals surface area (Å²) in [4.78, 5) is 0. The minimum atomic E-state index is -0.556. The normalized spacial score (nSPS) is 12.2. The van der Waals surface area contributed by atoms with Gasteiger partial charge in [-0.15, -0.1) is 0 Å². The summed E-state index contributed by atoms with van der Waals surface area (Å²) in [5.41, 5.74) is 2.17. The zero-order valence-corrected chi connectivity index (χ0v) is 14.3. The molecule has 0 bridgehead atoms. The number of nitrogens with one attached hydrogen (secondary N) is 1. The topological polar surface area (TPSA) is 50.7 Å². The van der Waals surface area contributed by atoms with Crippen molar-refractivity contribution in [2.75, 3.05) is 32.9 Å². The fourth-order valence-corrected chi connectivity index (χ4v) is 2.23. The van der Waals surface area contributed by atoms with Crippen LogP contribution in [0.15, 0.2) is 34.8 Å². The van der Waals surface area contributed by atoms with E-state index >= 15 is 0 Å². The fraction of sp³-hybridized carbons (Fsp3) is 0.500. The molecule has 1 rings (SSSR count). The van der Waals surface area contributed by atoms with Crippen molar-refractivity contribution in [2.24, 2.45) is 0 Å². The van der Waals surface area contributed by atoms with Crippen molar-refractivity contribution >= 4 is 15.9 Å². The van der Waals surface area contributed by atoms with Gasteiger partial charge >= 0.3 is 0 Å². The summed E-state index contributed by atoms with van der Waals surface area (Å²) < 4.78 is 11.8. The van der Waals surface area contributed by atoms with E-state index in [1.165, 1.54) is 0 Å². The molecule has 0 aliphatic heterocycles. The summed E-state index contributed by atoms with van der Waals surface area (Å²) in [7, 11) is 0. The summed E-state index contributed by atoms with van der Waals surface area (Å²) in [5.74, 6) is 0.740. The van der Waals surface area contributed by atoms with Crippen LogP contribution in [0.25, 0.3) is 0 Å². The van der Waals surface area contributed by atoms with Gasteiger partial charge in [0.15, 0.2) is 0 Å². The van der Waals surface area contributed by atoms with Crippen LogP contribution in [0, 0.1) is 6.92 Å². The Balaban J connectivity index is 2.13. The first-order chi connectivity index (χ1) is 9.99. The molecule has 0 saturated carbocycles. The minimum Gasteiger partial charge on any atom is -0.490 e. The van der Waals surface area contributed by atoms with Crippen LogP contribution >= 0.6 is 15.9 Å². The van der Waals surface area contributed by atoms with Gasteiger partial charge in [0.1, 0.15) is 18.5 Å². The molecule has 0 radical (unpaired) electrons. The smallest absolute Gasteiger partial charge is 0.133 e. The van der Waals surface area contributed by atoms with E-state index in [4.69, 9.17) is 9.47 Å². The molecule has 0 aliphatic rings. The van der Waals surface area contributed by atoms with Crippen molar-refractivity contribution in [1.82, 2.24) is 5.32 Å². The number of benzene rings is 1. The molecule has 2 N–H and O–H groups in total. The van der Waals surface area contributed by atoms with Crippen LogP contribution in [-0.2, 0) is 4.74 Å². The van der Waals surface area contributed by atoms with Crippen LogP contribution < -0.4 is 10.1 Å². The molecule has 0 fully saturated rings. The van der Waals surface area contributed by atoms with Crippen molar-refractivity contribution in [2.45, 2.75) is 20.0 Å². The SMILES string of the molecule is C=C(C)COCCNCC(O)COc1ccc(C)cc1Br. The molecule has 0 heterocycles. The highest BCUT2D eigenvalue weighted by atomic mass is 79.9. The highest BCUT2D eigenvalue weighted by molar-refractivity contribution is 9.10. The molecule has 4 nitrogen and oxygen atoms in total. The average molecular weight is 358 g/mol. The van der Waals surface area contributed by atoms with Gasteiger partial charge in [0, 0.05) is 13.1 Å². The molecule has 1 unspecified atom stereocenters. The summed E-state index contributed by atoms with van der Waals surface area (Å²) >= 11 is 3.44. The van der Waals surface area contributed by atoms with E-state index < -0.39 is 6.10 Å². The highest BCUT2D eigenvalue weighted by Crippen LogP contribution is 2.25. The van der Waals surface area contributed by atoms with Gasteiger partial charge in [-0.3, -0.25) is 0 Å². The summed E-state index contributed by atoms with van der Waals surface area (Å²) in [5, 5.41) is 13.0. The number of aryl methyl sites for hydroxylation is 1. The van der Waals surface area contributed by atoms with E-state index in [0.29, 0.717) is 26.3 Å². The van der Waals surface area contributed by atoms with Crippen molar-refractivity contribution in [3.63, 3.8) is 0 Å². The molecule has 1 atom stereocenters. The third kappa shape index (κ3) is 8.21. The van der Waals surface area contributed by atoms with E-state index in [0.717, 1.165) is 21.4 Å². The first kappa shape index (κ1) is 18.2. The predicted molar refractivity (Wildman–Crippen MR) is 88.9 cm³/mol. The number of ether oxygens (including phenoxy) is 2. The lowest BCUT2D eigenvalue weighted by atomic mass is 10.2. The standard InChI is InChI=1S/C16H24BrNO3/c1-12(2)10-20-7-6-18-9-14(19)11-21-16-5-4-13(3)8-15(16)17/h4-5,8,14,18-19H,1,6-7,9-11H2,2-3H3. The molecule has 0 aliphatic carbocycles. The second kappa shape index (κ2) is 9.95. The average Bonchev–Trinajstić information content (AvgIpc) is 2.41. The van der Waals surface area contributed by atoms with Gasteiger partial charge in [-0.2, -0.15) is 0 Å². The maximum absolute atomic E-state index is 9.84. The van der Waals surface area contributed by atoms with Crippen molar-refractivity contribution in [3.8, 4) is 5.75 Å². The number of rotatable bonds is 10. The van der Waals surface area contributed by atoms with E-state index in [1.807, 2.05) is 32.0 Å². The van der Waals surface area contributed by atoms with Gasteiger partial charge in [0.05, 0.1) is 17.7 Å². The molecule has 1 aromatic rings. The van der Waals surface area contributed by atoms with Gasteiger partial charge in [-0.25, -0.2) is 0 Å². The molecule has 118 valence electrons. The first-order valence-electron chi connectivity index (χ1n) is 6.99. The Kier molecular flexibility index (Phi) is 8.61. The Morgan fingerprint density at radius 1 is 1.48 bits per heavy atom. The Labute approximate surface area is 135 Å². The van der Waals surface area contributed by atoms with Gasteiger partial charge in [0.2, 0.25) is 0 Å². The highest BCUT2D eigenvalue weighted by Gasteiger charge is 2.07. The predicted octanol–water partition coefficient (Wildman–Crippen LogP) is 2.68. The third-order valence-corrected chi connectivity index (χ3v) is 3.29. The van der Waals surface area contributed by atoms with E-state index in [1.54, 1.807) is 0 Å². The molecule has 0 aromatic heterocycles. The Hall–Kier alpha value is -0.880. The van der Waals surface area contributed by atoms with Gasteiger partial charge < -0.3 is 19.9 Å². The molecule has 21 heavy (non-hydrogen) atoms. The van der Waals surface area contributed by atoms with E-state index in [9.17, 15) is 5.11 Å². The van der Waals surface area contributed by atoms with Crippen LogP contribution in [-0.4, -0.2) is 44.1 Å². The second-order valence-corrected chi connectivity index (χ2v) is 5.97. The minimum absolute atomic E-state index is 0.251. The van der Waals surface area contributed by atoms with E-state index in [-0.39, 0.29) is 6.61 Å². The zero-order chi connectivity index (χ0) is 15.7. The quantitative estimate of drug-likeness (QED) is 0.499. The molecular weight excluding hydrogens is 334 g/mol. The Morgan fingerprint density at radius 2 is 2.24 bits per heavy atom. The summed E-state index contributed by atoms with van der Waals surface area (Å²) in [6.07, 6.45) is -0.556. The Bertz CT molecular complexity index is 451. The van der Waals surface area contributed by atoms with Crippen LogP contribution in [0.2, 0.25) is 0 Å².